The number of alkyl halides is 4. The molecule has 0 fully saturated rings. The normalized spacial score (nSPS) is 12.3. The van der Waals surface area contributed by atoms with Crippen molar-refractivity contribution in [2.75, 3.05) is 5.88 Å². The van der Waals surface area contributed by atoms with Gasteiger partial charge in [0, 0.05) is 16.8 Å². The average Bonchev–Trinajstić information content (AvgIpc) is 2.56. The van der Waals surface area contributed by atoms with Gasteiger partial charge in [0.2, 0.25) is 0 Å². The summed E-state index contributed by atoms with van der Waals surface area (Å²) in [5.41, 5.74) is 1.00. The molecule has 7 heteroatoms. The maximum absolute atomic E-state index is 12.6. The van der Waals surface area contributed by atoms with Crippen LogP contribution in [-0.4, -0.2) is 21.6 Å². The second kappa shape index (κ2) is 5.09. The van der Waals surface area contributed by atoms with Crippen molar-refractivity contribution in [1.29, 1.82) is 0 Å². The first kappa shape index (κ1) is 13.7. The van der Waals surface area contributed by atoms with E-state index in [2.05, 4.69) is 20.9 Å². The van der Waals surface area contributed by atoms with Crippen molar-refractivity contribution in [3.05, 3.63) is 28.5 Å². The van der Waals surface area contributed by atoms with Crippen LogP contribution in [0.5, 0.6) is 0 Å². The molecule has 1 aromatic heterocycles. The van der Waals surface area contributed by atoms with Crippen LogP contribution in [0.2, 0.25) is 0 Å². The molecule has 0 amide bonds. The zero-order chi connectivity index (χ0) is 13.3. The average molecular weight is 342 g/mol. The molecule has 18 heavy (non-hydrogen) atoms. The molecular weight excluding hydrogens is 332 g/mol. The van der Waals surface area contributed by atoms with Crippen LogP contribution in [0.15, 0.2) is 22.7 Å². The molecule has 1 aromatic carbocycles. The van der Waals surface area contributed by atoms with Gasteiger partial charge >= 0.3 is 6.18 Å². The van der Waals surface area contributed by atoms with Crippen molar-refractivity contribution in [2.45, 2.75) is 19.1 Å². The number of fused-ring (bicyclic) bond motifs is 1. The highest BCUT2D eigenvalue weighted by molar-refractivity contribution is 9.10. The van der Waals surface area contributed by atoms with E-state index in [4.69, 9.17) is 11.6 Å². The Bertz CT molecular complexity index is 565. The van der Waals surface area contributed by atoms with E-state index in [9.17, 15) is 13.2 Å². The van der Waals surface area contributed by atoms with E-state index in [1.165, 1.54) is 4.57 Å². The number of benzene rings is 1. The summed E-state index contributed by atoms with van der Waals surface area (Å²) < 4.78 is 39.6. The van der Waals surface area contributed by atoms with Gasteiger partial charge in [0.1, 0.15) is 12.4 Å². The Morgan fingerprint density at radius 1 is 1.33 bits per heavy atom. The topological polar surface area (TPSA) is 17.8 Å². The van der Waals surface area contributed by atoms with Gasteiger partial charge in [-0.15, -0.1) is 11.6 Å². The highest BCUT2D eigenvalue weighted by atomic mass is 79.9. The molecule has 0 aliphatic carbocycles. The first-order chi connectivity index (χ1) is 8.40. The Labute approximate surface area is 115 Å². The molecular formula is C11H9BrClF3N2. The monoisotopic (exact) mass is 340 g/mol. The second-order valence-corrected chi connectivity index (χ2v) is 5.10. The summed E-state index contributed by atoms with van der Waals surface area (Å²) in [5, 5.41) is 0. The number of halogens is 5. The summed E-state index contributed by atoms with van der Waals surface area (Å²) in [7, 11) is 0. The molecule has 2 aromatic rings. The number of aromatic nitrogens is 2. The van der Waals surface area contributed by atoms with Gasteiger partial charge < -0.3 is 4.57 Å². The lowest BCUT2D eigenvalue weighted by Crippen LogP contribution is -2.19. The third kappa shape index (κ3) is 2.98. The predicted molar refractivity (Wildman–Crippen MR) is 67.9 cm³/mol. The Balaban J connectivity index is 2.57. The Morgan fingerprint density at radius 3 is 2.67 bits per heavy atom. The van der Waals surface area contributed by atoms with Crippen LogP contribution in [0.1, 0.15) is 5.82 Å². The summed E-state index contributed by atoms with van der Waals surface area (Å²) in [6.07, 6.45) is -3.97. The smallest absolute Gasteiger partial charge is 0.319 e. The minimum Gasteiger partial charge on any atom is -0.319 e. The Hall–Kier alpha value is -0.750. The number of hydrogen-bond donors (Lipinski definition) is 0. The number of hydrogen-bond acceptors (Lipinski definition) is 1. The van der Waals surface area contributed by atoms with Crippen molar-refractivity contribution in [2.24, 2.45) is 0 Å². The third-order valence-electron chi connectivity index (χ3n) is 2.44. The molecule has 0 aliphatic heterocycles. The zero-order valence-electron chi connectivity index (χ0n) is 9.14. The molecule has 0 atom stereocenters. The van der Waals surface area contributed by atoms with E-state index in [0.29, 0.717) is 23.3 Å². The van der Waals surface area contributed by atoms with Gasteiger partial charge in [-0.2, -0.15) is 13.2 Å². The molecule has 1 heterocycles. The van der Waals surface area contributed by atoms with Gasteiger partial charge in [0.05, 0.1) is 11.0 Å². The van der Waals surface area contributed by atoms with Crippen LogP contribution in [0.4, 0.5) is 13.2 Å². The lowest BCUT2D eigenvalue weighted by atomic mass is 10.3. The SMILES string of the molecule is FC(F)(F)Cn1c(CCCl)nc2ccc(Br)cc21. The van der Waals surface area contributed by atoms with Crippen molar-refractivity contribution in [3.8, 4) is 0 Å². The minimum absolute atomic E-state index is 0.238. The minimum atomic E-state index is -4.28. The maximum Gasteiger partial charge on any atom is 0.406 e. The summed E-state index contributed by atoms with van der Waals surface area (Å²) in [5.74, 6) is 0.595. The number of rotatable bonds is 3. The largest absolute Gasteiger partial charge is 0.406 e. The summed E-state index contributed by atoms with van der Waals surface area (Å²) in [6.45, 7) is -1.05. The molecule has 0 saturated carbocycles. The molecule has 2 rings (SSSR count). The Kier molecular flexibility index (Phi) is 3.87. The van der Waals surface area contributed by atoms with E-state index < -0.39 is 12.7 Å². The maximum atomic E-state index is 12.6. The van der Waals surface area contributed by atoms with Crippen LogP contribution < -0.4 is 0 Å². The van der Waals surface area contributed by atoms with Gasteiger partial charge in [-0.3, -0.25) is 0 Å². The number of nitrogens with zero attached hydrogens (tertiary/aromatic N) is 2. The highest BCUT2D eigenvalue weighted by Gasteiger charge is 2.30. The fraction of sp³-hybridized carbons (Fsp3) is 0.364. The summed E-state index contributed by atoms with van der Waals surface area (Å²) in [4.78, 5) is 4.19. The van der Waals surface area contributed by atoms with Crippen LogP contribution in [0.3, 0.4) is 0 Å². The van der Waals surface area contributed by atoms with Crippen molar-refractivity contribution < 1.29 is 13.2 Å². The lowest BCUT2D eigenvalue weighted by Gasteiger charge is -2.11. The third-order valence-corrected chi connectivity index (χ3v) is 3.13. The van der Waals surface area contributed by atoms with Crippen molar-refractivity contribution in [1.82, 2.24) is 9.55 Å². The van der Waals surface area contributed by atoms with Crippen LogP contribution >= 0.6 is 27.5 Å². The van der Waals surface area contributed by atoms with Crippen molar-refractivity contribution >= 4 is 38.6 Å². The molecule has 0 spiro atoms. The summed E-state index contributed by atoms with van der Waals surface area (Å²) >= 11 is 8.84. The van der Waals surface area contributed by atoms with Crippen molar-refractivity contribution in [3.63, 3.8) is 0 Å². The standard InChI is InChI=1S/C11H9BrClF3N2/c12-7-1-2-8-9(5-7)18(6-11(14,15)16)10(17-8)3-4-13/h1-2,5H,3-4,6H2. The van der Waals surface area contributed by atoms with E-state index >= 15 is 0 Å². The van der Waals surface area contributed by atoms with Gasteiger partial charge in [0.15, 0.2) is 0 Å². The number of imidazole rings is 1. The summed E-state index contributed by atoms with van der Waals surface area (Å²) in [6, 6.07) is 5.06. The Morgan fingerprint density at radius 2 is 2.06 bits per heavy atom. The molecule has 0 saturated heterocycles. The molecule has 2 nitrogen and oxygen atoms in total. The highest BCUT2D eigenvalue weighted by Crippen LogP contribution is 2.26. The van der Waals surface area contributed by atoms with E-state index in [1.807, 2.05) is 0 Å². The fourth-order valence-corrected chi connectivity index (χ4v) is 2.29. The molecule has 0 bridgehead atoms. The predicted octanol–water partition coefficient (Wildman–Crippen LogP) is 4.14. The molecule has 0 aliphatic rings. The van der Waals surface area contributed by atoms with Gasteiger partial charge in [-0.1, -0.05) is 15.9 Å². The van der Waals surface area contributed by atoms with Gasteiger partial charge in [-0.25, -0.2) is 4.98 Å². The molecule has 0 radical (unpaired) electrons. The lowest BCUT2D eigenvalue weighted by molar-refractivity contribution is -0.140. The van der Waals surface area contributed by atoms with Gasteiger partial charge in [0.25, 0.3) is 0 Å². The zero-order valence-corrected chi connectivity index (χ0v) is 11.5. The van der Waals surface area contributed by atoms with E-state index in [-0.39, 0.29) is 5.88 Å². The van der Waals surface area contributed by atoms with Crippen LogP contribution in [0.25, 0.3) is 11.0 Å². The van der Waals surface area contributed by atoms with E-state index in [0.717, 1.165) is 4.47 Å². The van der Waals surface area contributed by atoms with Gasteiger partial charge in [-0.05, 0) is 18.2 Å². The second-order valence-electron chi connectivity index (χ2n) is 3.80. The quantitative estimate of drug-likeness (QED) is 0.767. The first-order valence-corrected chi connectivity index (χ1v) is 6.51. The fourth-order valence-electron chi connectivity index (χ4n) is 1.78. The first-order valence-electron chi connectivity index (χ1n) is 5.18. The molecule has 0 N–H and O–H groups in total. The van der Waals surface area contributed by atoms with E-state index in [1.54, 1.807) is 18.2 Å². The molecule has 98 valence electrons. The van der Waals surface area contributed by atoms with Crippen LogP contribution in [0, 0.1) is 0 Å². The number of aryl methyl sites for hydroxylation is 1. The molecule has 0 unspecified atom stereocenters. The van der Waals surface area contributed by atoms with Crippen LogP contribution in [-0.2, 0) is 13.0 Å².